The van der Waals surface area contributed by atoms with Crippen molar-refractivity contribution in [3.05, 3.63) is 42.2 Å². The highest BCUT2D eigenvalue weighted by atomic mass is 16.5. The maximum atomic E-state index is 5.40. The molecule has 0 saturated heterocycles. The Morgan fingerprint density at radius 3 is 3.00 bits per heavy atom. The summed E-state index contributed by atoms with van der Waals surface area (Å²) in [5, 5.41) is 4.20. The second-order valence-corrected chi connectivity index (χ2v) is 3.55. The summed E-state index contributed by atoms with van der Waals surface area (Å²) in [5.41, 5.74) is 1.26. The van der Waals surface area contributed by atoms with E-state index in [9.17, 15) is 0 Å². The summed E-state index contributed by atoms with van der Waals surface area (Å²) in [6.45, 7) is 0.707. The van der Waals surface area contributed by atoms with Gasteiger partial charge in [-0.1, -0.05) is 30.3 Å². The van der Waals surface area contributed by atoms with Gasteiger partial charge in [0.25, 0.3) is 0 Å². The van der Waals surface area contributed by atoms with Crippen LogP contribution in [0.2, 0.25) is 0 Å². The predicted octanol–water partition coefficient (Wildman–Crippen LogP) is 1.65. The second-order valence-electron chi connectivity index (χ2n) is 3.55. The highest BCUT2D eigenvalue weighted by Crippen LogP contribution is 2.28. The molecule has 0 fully saturated rings. The van der Waals surface area contributed by atoms with Crippen LogP contribution in [0.3, 0.4) is 0 Å². The van der Waals surface area contributed by atoms with Gasteiger partial charge in [0.15, 0.2) is 0 Å². The van der Waals surface area contributed by atoms with Crippen molar-refractivity contribution in [1.29, 1.82) is 0 Å². The van der Waals surface area contributed by atoms with Gasteiger partial charge >= 0.3 is 6.01 Å². The van der Waals surface area contributed by atoms with Crippen LogP contribution in [0, 0.1) is 0 Å². The molecule has 0 saturated carbocycles. The highest BCUT2D eigenvalue weighted by molar-refractivity contribution is 5.21. The Bertz CT molecular complexity index is 452. The monoisotopic (exact) mass is 201 g/mol. The Hall–Kier alpha value is -1.84. The summed E-state index contributed by atoms with van der Waals surface area (Å²) in [6.07, 6.45) is 2.48. The predicted molar refractivity (Wildman–Crippen MR) is 54.7 cm³/mol. The van der Waals surface area contributed by atoms with Crippen molar-refractivity contribution in [3.63, 3.8) is 0 Å². The van der Waals surface area contributed by atoms with Crippen LogP contribution in [0.5, 0.6) is 6.01 Å². The normalized spacial score (nSPS) is 19.3. The van der Waals surface area contributed by atoms with Gasteiger partial charge in [-0.15, -0.1) is 0 Å². The molecule has 0 bridgehead atoms. The molecule has 1 unspecified atom stereocenters. The van der Waals surface area contributed by atoms with Crippen molar-refractivity contribution in [2.75, 3.05) is 6.61 Å². The van der Waals surface area contributed by atoms with E-state index in [1.165, 1.54) is 11.9 Å². The van der Waals surface area contributed by atoms with Gasteiger partial charge in [0.2, 0.25) is 0 Å². The van der Waals surface area contributed by atoms with E-state index in [0.717, 1.165) is 6.42 Å². The number of rotatable bonds is 1. The van der Waals surface area contributed by atoms with E-state index in [1.807, 2.05) is 22.9 Å². The number of ether oxygens (including phenoxy) is 1. The molecule has 0 amide bonds. The van der Waals surface area contributed by atoms with E-state index < -0.39 is 0 Å². The van der Waals surface area contributed by atoms with E-state index in [2.05, 4.69) is 22.2 Å². The Balaban J connectivity index is 2.03. The standard InChI is InChI=1S/C11H11N3O/c1-2-4-9(5-3-1)10-6-7-15-11-12-8-13-14(10)11/h1-5,8,10H,6-7H2. The summed E-state index contributed by atoms with van der Waals surface area (Å²) in [5.74, 6) is 0. The number of benzene rings is 1. The number of hydrogen-bond acceptors (Lipinski definition) is 3. The first-order valence-electron chi connectivity index (χ1n) is 5.02. The third-order valence-corrected chi connectivity index (χ3v) is 2.64. The van der Waals surface area contributed by atoms with Crippen molar-refractivity contribution in [3.8, 4) is 6.01 Å². The van der Waals surface area contributed by atoms with Gasteiger partial charge < -0.3 is 4.74 Å². The van der Waals surface area contributed by atoms with Crippen LogP contribution in [-0.4, -0.2) is 21.4 Å². The van der Waals surface area contributed by atoms with E-state index in [1.54, 1.807) is 0 Å². The van der Waals surface area contributed by atoms with E-state index in [-0.39, 0.29) is 6.04 Å². The van der Waals surface area contributed by atoms with Crippen molar-refractivity contribution >= 4 is 0 Å². The van der Waals surface area contributed by atoms with Gasteiger partial charge in [-0.3, -0.25) is 0 Å². The fourth-order valence-corrected chi connectivity index (χ4v) is 1.92. The maximum absolute atomic E-state index is 5.40. The molecule has 3 rings (SSSR count). The Morgan fingerprint density at radius 1 is 1.27 bits per heavy atom. The molecule has 4 nitrogen and oxygen atoms in total. The fraction of sp³-hybridized carbons (Fsp3) is 0.273. The smallest absolute Gasteiger partial charge is 0.315 e. The third-order valence-electron chi connectivity index (χ3n) is 2.64. The van der Waals surface area contributed by atoms with Crippen molar-refractivity contribution in [2.45, 2.75) is 12.5 Å². The average Bonchev–Trinajstić information content (AvgIpc) is 2.78. The molecule has 2 heterocycles. The van der Waals surface area contributed by atoms with Crippen LogP contribution in [-0.2, 0) is 0 Å². The van der Waals surface area contributed by atoms with Crippen LogP contribution >= 0.6 is 0 Å². The molecule has 4 heteroatoms. The molecule has 1 aromatic heterocycles. The van der Waals surface area contributed by atoms with Crippen molar-refractivity contribution in [1.82, 2.24) is 14.8 Å². The van der Waals surface area contributed by atoms with Crippen molar-refractivity contribution < 1.29 is 4.74 Å². The van der Waals surface area contributed by atoms with E-state index in [0.29, 0.717) is 12.6 Å². The summed E-state index contributed by atoms with van der Waals surface area (Å²) < 4.78 is 7.25. The number of hydrogen-bond donors (Lipinski definition) is 0. The zero-order valence-corrected chi connectivity index (χ0v) is 8.21. The molecule has 15 heavy (non-hydrogen) atoms. The molecule has 1 aromatic carbocycles. The first-order valence-corrected chi connectivity index (χ1v) is 5.02. The number of fused-ring (bicyclic) bond motifs is 1. The molecule has 0 radical (unpaired) electrons. The zero-order valence-electron chi connectivity index (χ0n) is 8.21. The number of aromatic nitrogens is 3. The van der Waals surface area contributed by atoms with E-state index >= 15 is 0 Å². The van der Waals surface area contributed by atoms with Gasteiger partial charge in [-0.2, -0.15) is 10.1 Å². The first-order chi connectivity index (χ1) is 7.45. The van der Waals surface area contributed by atoms with Gasteiger partial charge in [0.05, 0.1) is 12.6 Å². The van der Waals surface area contributed by atoms with Gasteiger partial charge in [0.1, 0.15) is 6.33 Å². The topological polar surface area (TPSA) is 39.9 Å². The lowest BCUT2D eigenvalue weighted by atomic mass is 10.0. The molecule has 1 aliphatic rings. The SMILES string of the molecule is c1ccc(C2CCOc3ncnn32)cc1. The Labute approximate surface area is 87.5 Å². The lowest BCUT2D eigenvalue weighted by Gasteiger charge is -2.23. The molecule has 1 aliphatic heterocycles. The molecule has 0 aliphatic carbocycles. The largest absolute Gasteiger partial charge is 0.464 e. The molecule has 2 aromatic rings. The summed E-state index contributed by atoms with van der Waals surface area (Å²) >= 11 is 0. The van der Waals surface area contributed by atoms with Crippen LogP contribution in [0.4, 0.5) is 0 Å². The quantitative estimate of drug-likeness (QED) is 0.704. The maximum Gasteiger partial charge on any atom is 0.315 e. The molecule has 1 atom stereocenters. The lowest BCUT2D eigenvalue weighted by Crippen LogP contribution is -2.22. The average molecular weight is 201 g/mol. The van der Waals surface area contributed by atoms with Crippen LogP contribution in [0.25, 0.3) is 0 Å². The van der Waals surface area contributed by atoms with Crippen molar-refractivity contribution in [2.24, 2.45) is 0 Å². The van der Waals surface area contributed by atoms with Crippen LogP contribution in [0.15, 0.2) is 36.7 Å². The molecule has 76 valence electrons. The summed E-state index contributed by atoms with van der Waals surface area (Å²) in [7, 11) is 0. The first kappa shape index (κ1) is 8.47. The minimum Gasteiger partial charge on any atom is -0.464 e. The lowest BCUT2D eigenvalue weighted by molar-refractivity contribution is 0.201. The molecule has 0 spiro atoms. The summed E-state index contributed by atoms with van der Waals surface area (Å²) in [4.78, 5) is 4.06. The highest BCUT2D eigenvalue weighted by Gasteiger charge is 2.23. The van der Waals surface area contributed by atoms with Crippen LogP contribution < -0.4 is 4.74 Å². The minimum atomic E-state index is 0.262. The molecule has 0 N–H and O–H groups in total. The molecular formula is C11H11N3O. The zero-order chi connectivity index (χ0) is 10.1. The van der Waals surface area contributed by atoms with E-state index in [4.69, 9.17) is 4.74 Å². The van der Waals surface area contributed by atoms with Gasteiger partial charge in [0, 0.05) is 6.42 Å². The molecular weight excluding hydrogens is 190 g/mol. The third kappa shape index (κ3) is 1.38. The van der Waals surface area contributed by atoms with Gasteiger partial charge in [-0.05, 0) is 5.56 Å². The summed E-state index contributed by atoms with van der Waals surface area (Å²) in [6, 6.07) is 11.2. The Morgan fingerprint density at radius 2 is 2.13 bits per heavy atom. The second kappa shape index (κ2) is 3.38. The minimum absolute atomic E-state index is 0.262. The number of nitrogens with zero attached hydrogens (tertiary/aromatic N) is 3. The Kier molecular flexibility index (Phi) is 1.91. The van der Waals surface area contributed by atoms with Crippen LogP contribution in [0.1, 0.15) is 18.0 Å². The fourth-order valence-electron chi connectivity index (χ4n) is 1.92. The van der Waals surface area contributed by atoms with Gasteiger partial charge in [-0.25, -0.2) is 4.68 Å².